The van der Waals surface area contributed by atoms with Gasteiger partial charge < -0.3 is 14.4 Å². The Morgan fingerprint density at radius 1 is 1.03 bits per heavy atom. The molecule has 0 saturated carbocycles. The van der Waals surface area contributed by atoms with Crippen LogP contribution in [0.1, 0.15) is 5.56 Å². The molecule has 2 aromatic heterocycles. The molecule has 150 valence electrons. The summed E-state index contributed by atoms with van der Waals surface area (Å²) in [6.07, 6.45) is 2.58. The molecular weight excluding hydrogens is 380 g/mol. The Morgan fingerprint density at radius 3 is 2.70 bits per heavy atom. The van der Waals surface area contributed by atoms with E-state index in [1.807, 2.05) is 47.4 Å². The van der Waals surface area contributed by atoms with Crippen LogP contribution in [0.2, 0.25) is 0 Å². The van der Waals surface area contributed by atoms with E-state index in [0.717, 1.165) is 29.8 Å². The largest absolute Gasteiger partial charge is 0.493 e. The summed E-state index contributed by atoms with van der Waals surface area (Å²) in [5.74, 6) is 1.73. The lowest BCUT2D eigenvalue weighted by molar-refractivity contribution is 0.355. The third-order valence-electron chi connectivity index (χ3n) is 5.43. The molecule has 0 spiro atoms. The Labute approximate surface area is 172 Å². The van der Waals surface area contributed by atoms with Crippen LogP contribution in [0.4, 0.5) is 11.6 Å². The lowest BCUT2D eigenvalue weighted by atomic mass is 10.0. The third-order valence-corrected chi connectivity index (χ3v) is 5.43. The second-order valence-corrected chi connectivity index (χ2v) is 7.05. The van der Waals surface area contributed by atoms with Gasteiger partial charge in [0, 0.05) is 18.4 Å². The number of nitrogens with zero attached hydrogens (tertiary/aromatic N) is 3. The molecule has 0 amide bonds. The van der Waals surface area contributed by atoms with Crippen molar-refractivity contribution in [3.8, 4) is 22.6 Å². The van der Waals surface area contributed by atoms with E-state index in [9.17, 15) is 4.79 Å². The van der Waals surface area contributed by atoms with Gasteiger partial charge in [-0.05, 0) is 47.4 Å². The fourth-order valence-electron chi connectivity index (χ4n) is 3.98. The Morgan fingerprint density at radius 2 is 1.87 bits per heavy atom. The smallest absolute Gasteiger partial charge is 0.262 e. The van der Waals surface area contributed by atoms with Crippen LogP contribution < -0.4 is 19.9 Å². The molecule has 0 fully saturated rings. The Kier molecular flexibility index (Phi) is 4.35. The van der Waals surface area contributed by atoms with Gasteiger partial charge in [0.05, 0.1) is 19.6 Å². The van der Waals surface area contributed by atoms with E-state index in [0.29, 0.717) is 28.5 Å². The number of ether oxygens (including phenoxy) is 2. The standard InChI is InChI=1S/C23H20N4O3/c1-29-18-8-7-15(13-19(18)30-2)16-9-11-24-21-20(16)22(28)26-23(25-21)27-12-10-14-5-3-4-6-17(14)27/h3-9,11,13H,10,12H2,1-2H3,(H,24,25,26,28). The summed E-state index contributed by atoms with van der Waals surface area (Å²) < 4.78 is 10.7. The number of hydrogen-bond acceptors (Lipinski definition) is 6. The quantitative estimate of drug-likeness (QED) is 0.563. The van der Waals surface area contributed by atoms with Gasteiger partial charge in [-0.1, -0.05) is 24.3 Å². The summed E-state index contributed by atoms with van der Waals surface area (Å²) >= 11 is 0. The number of methoxy groups -OCH3 is 2. The second kappa shape index (κ2) is 7.18. The van der Waals surface area contributed by atoms with E-state index in [4.69, 9.17) is 9.47 Å². The average molecular weight is 400 g/mol. The zero-order valence-electron chi connectivity index (χ0n) is 16.7. The highest BCUT2D eigenvalue weighted by atomic mass is 16.5. The van der Waals surface area contributed by atoms with Gasteiger partial charge in [-0.25, -0.2) is 4.98 Å². The SMILES string of the molecule is COc1ccc(-c2ccnc3nc(N4CCc5ccccc54)[nH]c(=O)c23)cc1OC. The highest BCUT2D eigenvalue weighted by molar-refractivity contribution is 5.92. The summed E-state index contributed by atoms with van der Waals surface area (Å²) in [7, 11) is 3.17. The lowest BCUT2D eigenvalue weighted by Crippen LogP contribution is -2.21. The Balaban J connectivity index is 1.65. The molecule has 4 aromatic rings. The van der Waals surface area contributed by atoms with Crippen LogP contribution in [-0.2, 0) is 6.42 Å². The molecule has 1 N–H and O–H groups in total. The second-order valence-electron chi connectivity index (χ2n) is 7.05. The maximum Gasteiger partial charge on any atom is 0.262 e. The molecule has 7 heteroatoms. The minimum absolute atomic E-state index is 0.225. The molecule has 1 aliphatic heterocycles. The van der Waals surface area contributed by atoms with E-state index in [1.54, 1.807) is 20.4 Å². The number of fused-ring (bicyclic) bond motifs is 2. The predicted molar refractivity (Wildman–Crippen MR) is 116 cm³/mol. The highest BCUT2D eigenvalue weighted by Crippen LogP contribution is 2.35. The van der Waals surface area contributed by atoms with Gasteiger partial charge in [0.1, 0.15) is 0 Å². The number of hydrogen-bond donors (Lipinski definition) is 1. The van der Waals surface area contributed by atoms with Gasteiger partial charge in [-0.2, -0.15) is 4.98 Å². The van der Waals surface area contributed by atoms with Gasteiger partial charge in [-0.3, -0.25) is 9.78 Å². The van der Waals surface area contributed by atoms with Gasteiger partial charge in [-0.15, -0.1) is 0 Å². The first-order valence-corrected chi connectivity index (χ1v) is 9.66. The van der Waals surface area contributed by atoms with Crippen molar-refractivity contribution in [3.05, 3.63) is 70.6 Å². The first-order valence-electron chi connectivity index (χ1n) is 9.66. The minimum Gasteiger partial charge on any atom is -0.493 e. The van der Waals surface area contributed by atoms with E-state index < -0.39 is 0 Å². The van der Waals surface area contributed by atoms with E-state index in [2.05, 4.69) is 21.0 Å². The molecule has 0 bridgehead atoms. The average Bonchev–Trinajstić information content (AvgIpc) is 3.22. The first kappa shape index (κ1) is 18.2. The summed E-state index contributed by atoms with van der Waals surface area (Å²) in [6.45, 7) is 0.767. The van der Waals surface area contributed by atoms with E-state index >= 15 is 0 Å². The predicted octanol–water partition coefficient (Wildman–Crippen LogP) is 3.70. The minimum atomic E-state index is -0.225. The number of aromatic nitrogens is 3. The molecule has 0 atom stereocenters. The molecule has 1 aliphatic rings. The van der Waals surface area contributed by atoms with Crippen molar-refractivity contribution in [3.63, 3.8) is 0 Å². The van der Waals surface area contributed by atoms with Crippen molar-refractivity contribution in [2.45, 2.75) is 6.42 Å². The maximum atomic E-state index is 13.1. The van der Waals surface area contributed by atoms with Crippen molar-refractivity contribution in [2.75, 3.05) is 25.7 Å². The number of benzene rings is 2. The fraction of sp³-hybridized carbons (Fsp3) is 0.174. The number of pyridine rings is 1. The Bertz CT molecular complexity index is 1320. The van der Waals surface area contributed by atoms with Crippen LogP contribution in [0.5, 0.6) is 11.5 Å². The van der Waals surface area contributed by atoms with Gasteiger partial charge in [0.15, 0.2) is 17.1 Å². The van der Waals surface area contributed by atoms with Crippen LogP contribution in [0.25, 0.3) is 22.2 Å². The Hall–Kier alpha value is -3.87. The number of nitrogens with one attached hydrogen (secondary N) is 1. The molecule has 0 aliphatic carbocycles. The number of H-pyrrole nitrogens is 1. The van der Waals surface area contributed by atoms with Crippen LogP contribution in [0, 0.1) is 0 Å². The molecule has 0 unspecified atom stereocenters. The van der Waals surface area contributed by atoms with Crippen LogP contribution in [0.15, 0.2) is 59.5 Å². The van der Waals surface area contributed by atoms with Crippen molar-refractivity contribution in [1.82, 2.24) is 15.0 Å². The van der Waals surface area contributed by atoms with Crippen molar-refractivity contribution >= 4 is 22.7 Å². The monoisotopic (exact) mass is 400 g/mol. The van der Waals surface area contributed by atoms with E-state index in [1.165, 1.54) is 5.56 Å². The normalized spacial score (nSPS) is 12.8. The lowest BCUT2D eigenvalue weighted by Gasteiger charge is -2.18. The topological polar surface area (TPSA) is 80.3 Å². The summed E-state index contributed by atoms with van der Waals surface area (Å²) in [5.41, 5.74) is 4.06. The van der Waals surface area contributed by atoms with Gasteiger partial charge in [0.2, 0.25) is 5.95 Å². The van der Waals surface area contributed by atoms with E-state index in [-0.39, 0.29) is 5.56 Å². The van der Waals surface area contributed by atoms with Gasteiger partial charge in [0.25, 0.3) is 5.56 Å². The molecular formula is C23H20N4O3. The molecule has 3 heterocycles. The van der Waals surface area contributed by atoms with Crippen LogP contribution in [0.3, 0.4) is 0 Å². The molecule has 5 rings (SSSR count). The van der Waals surface area contributed by atoms with Crippen molar-refractivity contribution < 1.29 is 9.47 Å². The third kappa shape index (κ3) is 2.86. The summed E-state index contributed by atoms with van der Waals surface area (Å²) in [6, 6.07) is 15.5. The molecule has 2 aromatic carbocycles. The fourth-order valence-corrected chi connectivity index (χ4v) is 3.98. The zero-order chi connectivity index (χ0) is 20.7. The van der Waals surface area contributed by atoms with Crippen LogP contribution in [-0.4, -0.2) is 35.7 Å². The summed E-state index contributed by atoms with van der Waals surface area (Å²) in [5, 5.41) is 0.445. The number of anilines is 2. The van der Waals surface area contributed by atoms with Crippen LogP contribution >= 0.6 is 0 Å². The molecule has 0 saturated heterocycles. The van der Waals surface area contributed by atoms with Gasteiger partial charge >= 0.3 is 0 Å². The zero-order valence-corrected chi connectivity index (χ0v) is 16.7. The summed E-state index contributed by atoms with van der Waals surface area (Å²) in [4.78, 5) is 27.2. The van der Waals surface area contributed by atoms with Crippen molar-refractivity contribution in [1.29, 1.82) is 0 Å². The maximum absolute atomic E-state index is 13.1. The first-order chi connectivity index (χ1) is 14.7. The highest BCUT2D eigenvalue weighted by Gasteiger charge is 2.23. The number of para-hydroxylation sites is 1. The number of aromatic amines is 1. The molecule has 0 radical (unpaired) electrons. The van der Waals surface area contributed by atoms with Crippen molar-refractivity contribution in [2.24, 2.45) is 0 Å². The number of rotatable bonds is 4. The molecule has 30 heavy (non-hydrogen) atoms. The molecule has 7 nitrogen and oxygen atoms in total.